The first-order valence-electron chi connectivity index (χ1n) is 7.42. The van der Waals surface area contributed by atoms with Gasteiger partial charge in [-0.3, -0.25) is 0 Å². The van der Waals surface area contributed by atoms with Crippen LogP contribution in [-0.4, -0.2) is 12.2 Å². The fraction of sp³-hybridized carbons (Fsp3) is 0.100. The Hall–Kier alpha value is -2.78. The second-order valence-electron chi connectivity index (χ2n) is 5.13. The lowest BCUT2D eigenvalue weighted by Crippen LogP contribution is -2.01. The normalized spacial score (nSPS) is 11.7. The summed E-state index contributed by atoms with van der Waals surface area (Å²) < 4.78 is 11.1. The van der Waals surface area contributed by atoms with Gasteiger partial charge in [0.05, 0.1) is 7.11 Å². The van der Waals surface area contributed by atoms with Gasteiger partial charge in [0.1, 0.15) is 23.4 Å². The highest BCUT2D eigenvalue weighted by Crippen LogP contribution is 2.33. The van der Waals surface area contributed by atoms with E-state index in [9.17, 15) is 5.11 Å². The van der Waals surface area contributed by atoms with Crippen molar-refractivity contribution < 1.29 is 14.6 Å². The molecule has 116 valence electrons. The number of aliphatic hydroxyl groups excluding tert-OH is 1. The number of hydrogen-bond acceptors (Lipinski definition) is 3. The number of aliphatic hydroxyl groups is 1. The molecule has 3 rings (SSSR count). The van der Waals surface area contributed by atoms with Crippen molar-refractivity contribution in [3.05, 3.63) is 90.0 Å². The summed E-state index contributed by atoms with van der Waals surface area (Å²) in [6.07, 6.45) is -0.731. The van der Waals surface area contributed by atoms with Gasteiger partial charge in [0.2, 0.25) is 0 Å². The van der Waals surface area contributed by atoms with Crippen LogP contribution in [-0.2, 0) is 0 Å². The topological polar surface area (TPSA) is 38.7 Å². The number of ether oxygens (including phenoxy) is 2. The molecule has 0 aliphatic rings. The largest absolute Gasteiger partial charge is 0.497 e. The van der Waals surface area contributed by atoms with E-state index in [-0.39, 0.29) is 0 Å². The van der Waals surface area contributed by atoms with Crippen LogP contribution in [0.2, 0.25) is 0 Å². The van der Waals surface area contributed by atoms with Crippen molar-refractivity contribution in [3.63, 3.8) is 0 Å². The Balaban J connectivity index is 1.88. The molecule has 0 aliphatic carbocycles. The molecule has 0 fully saturated rings. The third-order valence-electron chi connectivity index (χ3n) is 3.62. The highest BCUT2D eigenvalue weighted by Gasteiger charge is 2.15. The molecule has 3 heteroatoms. The van der Waals surface area contributed by atoms with Crippen LogP contribution in [0.25, 0.3) is 0 Å². The average molecular weight is 306 g/mol. The monoisotopic (exact) mass is 306 g/mol. The van der Waals surface area contributed by atoms with Crippen LogP contribution in [0.4, 0.5) is 0 Å². The summed E-state index contributed by atoms with van der Waals surface area (Å²) in [6, 6.07) is 24.4. The number of para-hydroxylation sites is 1. The van der Waals surface area contributed by atoms with Gasteiger partial charge < -0.3 is 14.6 Å². The van der Waals surface area contributed by atoms with Gasteiger partial charge in [-0.2, -0.15) is 0 Å². The Bertz CT molecular complexity index is 751. The van der Waals surface area contributed by atoms with Crippen LogP contribution < -0.4 is 9.47 Å². The molecule has 0 aromatic heterocycles. The second kappa shape index (κ2) is 6.99. The second-order valence-corrected chi connectivity index (χ2v) is 5.13. The summed E-state index contributed by atoms with van der Waals surface area (Å²) in [5.41, 5.74) is 1.56. The molecule has 0 heterocycles. The predicted molar refractivity (Wildman–Crippen MR) is 90.0 cm³/mol. The van der Waals surface area contributed by atoms with Crippen LogP contribution in [0.5, 0.6) is 17.2 Å². The van der Waals surface area contributed by atoms with Crippen LogP contribution in [0.15, 0.2) is 78.9 Å². The lowest BCUT2D eigenvalue weighted by molar-refractivity contribution is 0.216. The Morgan fingerprint density at radius 2 is 1.35 bits per heavy atom. The van der Waals surface area contributed by atoms with Gasteiger partial charge in [-0.15, -0.1) is 0 Å². The lowest BCUT2D eigenvalue weighted by atomic mass is 10.0. The molecule has 0 bridgehead atoms. The molecule has 1 unspecified atom stereocenters. The molecule has 3 aromatic rings. The van der Waals surface area contributed by atoms with Crippen molar-refractivity contribution in [2.24, 2.45) is 0 Å². The highest BCUT2D eigenvalue weighted by molar-refractivity contribution is 5.43. The molecule has 3 aromatic carbocycles. The fourth-order valence-electron chi connectivity index (χ4n) is 2.38. The van der Waals surface area contributed by atoms with Crippen molar-refractivity contribution in [3.8, 4) is 17.2 Å². The summed E-state index contributed by atoms with van der Waals surface area (Å²) in [7, 11) is 1.63. The van der Waals surface area contributed by atoms with Gasteiger partial charge >= 0.3 is 0 Å². The number of methoxy groups -OCH3 is 1. The molecule has 0 spiro atoms. The Morgan fingerprint density at radius 1 is 0.739 bits per heavy atom. The minimum absolute atomic E-state index is 0.633. The molecule has 0 saturated carbocycles. The van der Waals surface area contributed by atoms with E-state index in [2.05, 4.69) is 0 Å². The van der Waals surface area contributed by atoms with Crippen molar-refractivity contribution >= 4 is 0 Å². The molecule has 0 aliphatic heterocycles. The van der Waals surface area contributed by atoms with Crippen molar-refractivity contribution in [2.45, 2.75) is 6.10 Å². The summed E-state index contributed by atoms with van der Waals surface area (Å²) in [5.74, 6) is 2.10. The van der Waals surface area contributed by atoms with Crippen LogP contribution in [0.3, 0.4) is 0 Å². The van der Waals surface area contributed by atoms with Crippen molar-refractivity contribution in [1.82, 2.24) is 0 Å². The quantitative estimate of drug-likeness (QED) is 0.750. The molecule has 1 atom stereocenters. The minimum Gasteiger partial charge on any atom is -0.497 e. The first-order chi connectivity index (χ1) is 11.3. The van der Waals surface area contributed by atoms with Crippen molar-refractivity contribution in [1.29, 1.82) is 0 Å². The van der Waals surface area contributed by atoms with Crippen LogP contribution in [0, 0.1) is 0 Å². The predicted octanol–water partition coefficient (Wildman–Crippen LogP) is 4.57. The zero-order valence-electron chi connectivity index (χ0n) is 12.8. The smallest absolute Gasteiger partial charge is 0.133 e. The molecule has 0 amide bonds. The van der Waals surface area contributed by atoms with Crippen LogP contribution >= 0.6 is 0 Å². The van der Waals surface area contributed by atoms with E-state index < -0.39 is 6.10 Å². The number of hydrogen-bond donors (Lipinski definition) is 1. The van der Waals surface area contributed by atoms with E-state index in [1.165, 1.54) is 0 Å². The first kappa shape index (κ1) is 15.1. The molecular formula is C20H18O3. The maximum atomic E-state index is 10.6. The van der Waals surface area contributed by atoms with E-state index in [1.54, 1.807) is 7.11 Å². The van der Waals surface area contributed by atoms with E-state index in [4.69, 9.17) is 9.47 Å². The van der Waals surface area contributed by atoms with Gasteiger partial charge in [0.25, 0.3) is 0 Å². The van der Waals surface area contributed by atoms with Gasteiger partial charge in [-0.25, -0.2) is 0 Å². The average Bonchev–Trinajstić information content (AvgIpc) is 2.63. The molecule has 0 radical (unpaired) electrons. The van der Waals surface area contributed by atoms with E-state index >= 15 is 0 Å². The Labute approximate surface area is 135 Å². The molecule has 0 saturated heterocycles. The highest BCUT2D eigenvalue weighted by atomic mass is 16.5. The van der Waals surface area contributed by atoms with Gasteiger partial charge in [0, 0.05) is 5.56 Å². The third-order valence-corrected chi connectivity index (χ3v) is 3.62. The lowest BCUT2D eigenvalue weighted by Gasteiger charge is -2.16. The number of benzene rings is 3. The Kier molecular flexibility index (Phi) is 4.60. The molecule has 23 heavy (non-hydrogen) atoms. The van der Waals surface area contributed by atoms with Crippen molar-refractivity contribution in [2.75, 3.05) is 7.11 Å². The molecule has 3 nitrogen and oxygen atoms in total. The summed E-state index contributed by atoms with van der Waals surface area (Å²) in [5, 5.41) is 10.6. The standard InChI is InChI=1S/C20H18O3/c1-22-16-11-13-17(14-12-16)23-19-10-6-5-9-18(19)20(21)15-7-3-2-4-8-15/h2-14,20-21H,1H3. The van der Waals surface area contributed by atoms with Crippen LogP contribution in [0.1, 0.15) is 17.2 Å². The van der Waals surface area contributed by atoms with Gasteiger partial charge in [-0.1, -0.05) is 48.5 Å². The van der Waals surface area contributed by atoms with E-state index in [0.29, 0.717) is 11.5 Å². The molecule has 1 N–H and O–H groups in total. The number of rotatable bonds is 5. The molecular weight excluding hydrogens is 288 g/mol. The SMILES string of the molecule is COc1ccc(Oc2ccccc2C(O)c2ccccc2)cc1. The first-order valence-corrected chi connectivity index (χ1v) is 7.42. The third kappa shape index (κ3) is 3.52. The van der Waals surface area contributed by atoms with E-state index in [1.807, 2.05) is 78.9 Å². The summed E-state index contributed by atoms with van der Waals surface area (Å²) in [4.78, 5) is 0. The summed E-state index contributed by atoms with van der Waals surface area (Å²) >= 11 is 0. The van der Waals surface area contributed by atoms with Gasteiger partial charge in [-0.05, 0) is 35.9 Å². The zero-order chi connectivity index (χ0) is 16.1. The minimum atomic E-state index is -0.731. The maximum absolute atomic E-state index is 10.6. The van der Waals surface area contributed by atoms with Gasteiger partial charge in [0.15, 0.2) is 0 Å². The fourth-order valence-corrected chi connectivity index (χ4v) is 2.38. The summed E-state index contributed by atoms with van der Waals surface area (Å²) in [6.45, 7) is 0. The maximum Gasteiger partial charge on any atom is 0.133 e. The Morgan fingerprint density at radius 3 is 2.04 bits per heavy atom. The zero-order valence-corrected chi connectivity index (χ0v) is 12.8. The van der Waals surface area contributed by atoms with E-state index in [0.717, 1.165) is 16.9 Å².